The Morgan fingerprint density at radius 3 is 1.96 bits per heavy atom. The van der Waals surface area contributed by atoms with Crippen molar-refractivity contribution >= 4 is 17.9 Å². The van der Waals surface area contributed by atoms with Gasteiger partial charge in [-0.25, -0.2) is 4.79 Å². The van der Waals surface area contributed by atoms with Gasteiger partial charge in [0.1, 0.15) is 5.75 Å². The van der Waals surface area contributed by atoms with Crippen molar-refractivity contribution in [1.29, 1.82) is 0 Å². The zero-order valence-corrected chi connectivity index (χ0v) is 16.3. The summed E-state index contributed by atoms with van der Waals surface area (Å²) in [5.74, 6) is 1.51. The van der Waals surface area contributed by atoms with Gasteiger partial charge in [-0.2, -0.15) is 0 Å². The third-order valence-electron chi connectivity index (χ3n) is 4.26. The van der Waals surface area contributed by atoms with Gasteiger partial charge in [-0.1, -0.05) is 69.7 Å². The van der Waals surface area contributed by atoms with Crippen LogP contribution in [0, 0.1) is 0 Å². The van der Waals surface area contributed by atoms with Gasteiger partial charge in [0.15, 0.2) is 0 Å². The van der Waals surface area contributed by atoms with Crippen LogP contribution in [0.1, 0.15) is 51.9 Å². The second-order valence-corrected chi connectivity index (χ2v) is 7.55. The largest absolute Gasteiger partial charge is 0.511 e. The summed E-state index contributed by atoms with van der Waals surface area (Å²) in [6.45, 7) is 2.25. The lowest BCUT2D eigenvalue weighted by molar-refractivity contribution is 0.144. The molecule has 0 aliphatic heterocycles. The molecule has 1 N–H and O–H groups in total. The molecule has 0 amide bonds. The molecule has 0 bridgehead atoms. The molecule has 0 aliphatic carbocycles. The molecule has 0 unspecified atom stereocenters. The first kappa shape index (κ1) is 20.4. The van der Waals surface area contributed by atoms with Gasteiger partial charge < -0.3 is 9.84 Å². The van der Waals surface area contributed by atoms with Crippen molar-refractivity contribution in [3.8, 4) is 16.9 Å². The molecule has 0 saturated heterocycles. The number of rotatable bonds is 11. The maximum Gasteiger partial charge on any atom is 0.511 e. The molecule has 0 atom stereocenters. The van der Waals surface area contributed by atoms with E-state index in [1.807, 2.05) is 23.9 Å². The lowest BCUT2D eigenvalue weighted by Crippen LogP contribution is -2.02. The van der Waals surface area contributed by atoms with Crippen LogP contribution >= 0.6 is 11.8 Å². The molecule has 3 nitrogen and oxygen atoms in total. The predicted octanol–water partition coefficient (Wildman–Crippen LogP) is 7.25. The van der Waals surface area contributed by atoms with Crippen LogP contribution in [-0.4, -0.2) is 17.0 Å². The highest BCUT2D eigenvalue weighted by atomic mass is 32.2. The van der Waals surface area contributed by atoms with Crippen LogP contribution in [0.2, 0.25) is 0 Å². The van der Waals surface area contributed by atoms with E-state index in [1.54, 1.807) is 12.1 Å². The molecule has 4 heteroatoms. The molecule has 2 aromatic rings. The number of carboxylic acid groups (broad SMARTS) is 1. The summed E-state index contributed by atoms with van der Waals surface area (Å²) in [5.41, 5.74) is 2.17. The molecule has 140 valence electrons. The predicted molar refractivity (Wildman–Crippen MR) is 109 cm³/mol. The van der Waals surface area contributed by atoms with Crippen molar-refractivity contribution in [2.45, 2.75) is 56.8 Å². The second kappa shape index (κ2) is 11.6. The maximum atomic E-state index is 10.5. The van der Waals surface area contributed by atoms with Gasteiger partial charge in [0.2, 0.25) is 0 Å². The number of hydrogen-bond acceptors (Lipinski definition) is 3. The first-order valence-corrected chi connectivity index (χ1v) is 10.4. The summed E-state index contributed by atoms with van der Waals surface area (Å²) >= 11 is 1.92. The Bertz CT molecular complexity index is 650. The Morgan fingerprint density at radius 2 is 1.38 bits per heavy atom. The first-order valence-electron chi connectivity index (χ1n) is 9.43. The molecular formula is C22H28O3S. The van der Waals surface area contributed by atoms with Gasteiger partial charge in [-0.15, -0.1) is 11.8 Å². The Morgan fingerprint density at radius 1 is 0.846 bits per heavy atom. The monoisotopic (exact) mass is 372 g/mol. The van der Waals surface area contributed by atoms with Crippen LogP contribution in [0.25, 0.3) is 11.1 Å². The van der Waals surface area contributed by atoms with Gasteiger partial charge >= 0.3 is 6.16 Å². The molecule has 0 radical (unpaired) electrons. The van der Waals surface area contributed by atoms with Gasteiger partial charge in [0.05, 0.1) is 0 Å². The van der Waals surface area contributed by atoms with Crippen LogP contribution < -0.4 is 4.74 Å². The zero-order chi connectivity index (χ0) is 18.6. The summed E-state index contributed by atoms with van der Waals surface area (Å²) in [5, 5.41) is 8.61. The molecule has 0 heterocycles. The Balaban J connectivity index is 1.73. The second-order valence-electron chi connectivity index (χ2n) is 6.39. The van der Waals surface area contributed by atoms with E-state index in [2.05, 4.69) is 35.9 Å². The normalized spacial score (nSPS) is 10.7. The molecule has 0 saturated carbocycles. The minimum atomic E-state index is -1.29. The molecule has 0 spiro atoms. The van der Waals surface area contributed by atoms with Crippen LogP contribution in [-0.2, 0) is 0 Å². The van der Waals surface area contributed by atoms with Crippen molar-refractivity contribution in [3.63, 3.8) is 0 Å². The highest BCUT2D eigenvalue weighted by Gasteiger charge is 2.03. The van der Waals surface area contributed by atoms with E-state index in [0.717, 1.165) is 11.1 Å². The minimum absolute atomic E-state index is 0.336. The van der Waals surface area contributed by atoms with E-state index in [1.165, 1.54) is 55.6 Å². The van der Waals surface area contributed by atoms with E-state index < -0.39 is 6.16 Å². The van der Waals surface area contributed by atoms with Gasteiger partial charge in [0, 0.05) is 4.90 Å². The number of carbonyl (C=O) groups is 1. The number of hydrogen-bond donors (Lipinski definition) is 1. The van der Waals surface area contributed by atoms with Gasteiger partial charge in [0.25, 0.3) is 0 Å². The molecule has 0 fully saturated rings. The topological polar surface area (TPSA) is 46.5 Å². The van der Waals surface area contributed by atoms with E-state index >= 15 is 0 Å². The summed E-state index contributed by atoms with van der Waals surface area (Å²) < 4.78 is 4.63. The highest BCUT2D eigenvalue weighted by molar-refractivity contribution is 7.99. The average molecular weight is 373 g/mol. The van der Waals surface area contributed by atoms with Crippen molar-refractivity contribution in [1.82, 2.24) is 0 Å². The van der Waals surface area contributed by atoms with Crippen LogP contribution in [0.3, 0.4) is 0 Å². The number of unbranched alkanes of at least 4 members (excludes halogenated alkanes) is 6. The number of thioether (sulfide) groups is 1. The summed E-state index contributed by atoms with van der Waals surface area (Å²) in [6.07, 6.45) is 8.13. The maximum absolute atomic E-state index is 10.5. The van der Waals surface area contributed by atoms with Crippen molar-refractivity contribution < 1.29 is 14.6 Å². The first-order chi connectivity index (χ1) is 12.7. The van der Waals surface area contributed by atoms with Crippen molar-refractivity contribution in [2.75, 3.05) is 5.75 Å². The molecule has 0 aliphatic rings. The summed E-state index contributed by atoms with van der Waals surface area (Å²) in [6, 6.07) is 15.6. The lowest BCUT2D eigenvalue weighted by Gasteiger charge is -2.06. The minimum Gasteiger partial charge on any atom is -0.449 e. The summed E-state index contributed by atoms with van der Waals surface area (Å²) in [4.78, 5) is 11.8. The van der Waals surface area contributed by atoms with Gasteiger partial charge in [-0.05, 0) is 47.6 Å². The van der Waals surface area contributed by atoms with E-state index in [4.69, 9.17) is 5.11 Å². The third-order valence-corrected chi connectivity index (χ3v) is 5.36. The smallest absolute Gasteiger partial charge is 0.449 e. The average Bonchev–Trinajstić information content (AvgIpc) is 2.65. The fourth-order valence-corrected chi connectivity index (χ4v) is 3.72. The summed E-state index contributed by atoms with van der Waals surface area (Å²) in [7, 11) is 0. The third kappa shape index (κ3) is 7.52. The van der Waals surface area contributed by atoms with Gasteiger partial charge in [-0.3, -0.25) is 0 Å². The fourth-order valence-electron chi connectivity index (χ4n) is 2.81. The Labute approximate surface area is 160 Å². The number of ether oxygens (including phenoxy) is 1. The van der Waals surface area contributed by atoms with Crippen LogP contribution in [0.5, 0.6) is 5.75 Å². The SMILES string of the molecule is CCCCCCCCCSc1ccc(-c2ccc(OC(=O)O)cc2)cc1. The van der Waals surface area contributed by atoms with E-state index in [-0.39, 0.29) is 0 Å². The quantitative estimate of drug-likeness (QED) is 0.195. The molecule has 26 heavy (non-hydrogen) atoms. The zero-order valence-electron chi connectivity index (χ0n) is 15.4. The number of benzene rings is 2. The molecule has 2 aromatic carbocycles. The van der Waals surface area contributed by atoms with Crippen molar-refractivity contribution in [3.05, 3.63) is 48.5 Å². The Hall–Kier alpha value is -1.94. The van der Waals surface area contributed by atoms with E-state index in [0.29, 0.717) is 5.75 Å². The fraction of sp³-hybridized carbons (Fsp3) is 0.409. The standard InChI is InChI=1S/C22H28O3S/c1-2-3-4-5-6-7-8-17-26-21-15-11-19(12-16-21)18-9-13-20(14-10-18)25-22(23)24/h9-16H,2-8,17H2,1H3,(H,23,24). The molecular weight excluding hydrogens is 344 g/mol. The molecule has 2 rings (SSSR count). The Kier molecular flexibility index (Phi) is 9.11. The van der Waals surface area contributed by atoms with Crippen LogP contribution in [0.15, 0.2) is 53.4 Å². The van der Waals surface area contributed by atoms with Crippen molar-refractivity contribution in [2.24, 2.45) is 0 Å². The highest BCUT2D eigenvalue weighted by Crippen LogP contribution is 2.26. The van der Waals surface area contributed by atoms with E-state index in [9.17, 15) is 4.79 Å². The van der Waals surface area contributed by atoms with Crippen LogP contribution in [0.4, 0.5) is 4.79 Å². The molecule has 0 aromatic heterocycles. The lowest BCUT2D eigenvalue weighted by atomic mass is 10.1.